The molecular formula is C13H28O3S. The average Bonchev–Trinajstić information content (AvgIpc) is 2.31. The summed E-state index contributed by atoms with van der Waals surface area (Å²) in [5, 5.41) is 0. The van der Waals surface area contributed by atoms with Crippen molar-refractivity contribution in [3.8, 4) is 0 Å². The summed E-state index contributed by atoms with van der Waals surface area (Å²) < 4.78 is 26.4. The first-order valence-electron chi connectivity index (χ1n) is 6.90. The molecule has 0 aliphatic rings. The van der Waals surface area contributed by atoms with E-state index in [1.165, 1.54) is 52.1 Å². The Morgan fingerprint density at radius 1 is 0.765 bits per heavy atom. The second kappa shape index (κ2) is 11.0. The van der Waals surface area contributed by atoms with Gasteiger partial charge in [-0.3, -0.25) is 4.18 Å². The van der Waals surface area contributed by atoms with E-state index in [-0.39, 0.29) is 5.75 Å². The van der Waals surface area contributed by atoms with E-state index in [1.54, 1.807) is 0 Å². The third-order valence-corrected chi connectivity index (χ3v) is 4.30. The highest BCUT2D eigenvalue weighted by molar-refractivity contribution is 7.86. The maximum atomic E-state index is 11.0. The lowest BCUT2D eigenvalue weighted by Gasteiger charge is -2.02. The van der Waals surface area contributed by atoms with Crippen LogP contribution in [0.1, 0.15) is 71.1 Å². The normalized spacial score (nSPS) is 11.9. The van der Waals surface area contributed by atoms with Crippen LogP contribution < -0.4 is 0 Å². The van der Waals surface area contributed by atoms with Gasteiger partial charge in [-0.25, -0.2) is 0 Å². The van der Waals surface area contributed by atoms with E-state index >= 15 is 0 Å². The van der Waals surface area contributed by atoms with Crippen molar-refractivity contribution >= 4 is 10.1 Å². The van der Waals surface area contributed by atoms with Crippen molar-refractivity contribution in [2.75, 3.05) is 12.9 Å². The molecule has 0 spiro atoms. The van der Waals surface area contributed by atoms with Crippen LogP contribution >= 0.6 is 0 Å². The maximum Gasteiger partial charge on any atom is 0.267 e. The summed E-state index contributed by atoms with van der Waals surface area (Å²) in [5.41, 5.74) is 0. The summed E-state index contributed by atoms with van der Waals surface area (Å²) >= 11 is 0. The SMILES string of the molecule is CCCCCCCCCCCCS(=O)(=O)OC. The predicted molar refractivity (Wildman–Crippen MR) is 72.6 cm³/mol. The molecule has 0 N–H and O–H groups in total. The lowest BCUT2D eigenvalue weighted by atomic mass is 10.1. The molecular weight excluding hydrogens is 236 g/mol. The van der Waals surface area contributed by atoms with E-state index in [0.717, 1.165) is 19.3 Å². The van der Waals surface area contributed by atoms with Gasteiger partial charge in [0.15, 0.2) is 0 Å². The second-order valence-corrected chi connectivity index (χ2v) is 6.47. The van der Waals surface area contributed by atoms with E-state index in [9.17, 15) is 8.42 Å². The Labute approximate surface area is 107 Å². The lowest BCUT2D eigenvalue weighted by molar-refractivity contribution is 0.396. The molecule has 17 heavy (non-hydrogen) atoms. The Kier molecular flexibility index (Phi) is 11.0. The summed E-state index contributed by atoms with van der Waals surface area (Å²) in [6.07, 6.45) is 12.1. The van der Waals surface area contributed by atoms with Crippen LogP contribution in [0, 0.1) is 0 Å². The number of unbranched alkanes of at least 4 members (excludes halogenated alkanes) is 9. The molecule has 3 nitrogen and oxygen atoms in total. The standard InChI is InChI=1S/C13H28O3S/c1-3-4-5-6-7-8-9-10-11-12-13-17(14,15)16-2/h3-13H2,1-2H3. The third-order valence-electron chi connectivity index (χ3n) is 3.00. The first kappa shape index (κ1) is 16.9. The smallest absolute Gasteiger partial charge is 0.267 e. The maximum absolute atomic E-state index is 11.0. The molecule has 4 heteroatoms. The van der Waals surface area contributed by atoms with Crippen LogP contribution in [0.15, 0.2) is 0 Å². The molecule has 104 valence electrons. The van der Waals surface area contributed by atoms with Gasteiger partial charge in [-0.05, 0) is 6.42 Å². The van der Waals surface area contributed by atoms with Crippen LogP contribution in [0.25, 0.3) is 0 Å². The minimum absolute atomic E-state index is 0.167. The zero-order chi connectivity index (χ0) is 13.0. The molecule has 0 aromatic carbocycles. The molecule has 0 aliphatic heterocycles. The van der Waals surface area contributed by atoms with Crippen LogP contribution in [0.5, 0.6) is 0 Å². The lowest BCUT2D eigenvalue weighted by Crippen LogP contribution is -2.07. The molecule has 0 aromatic heterocycles. The molecule has 0 aliphatic carbocycles. The molecule has 0 unspecified atom stereocenters. The second-order valence-electron chi connectivity index (χ2n) is 4.61. The molecule has 0 amide bonds. The van der Waals surface area contributed by atoms with Crippen molar-refractivity contribution < 1.29 is 12.6 Å². The van der Waals surface area contributed by atoms with Gasteiger partial charge in [0.1, 0.15) is 0 Å². The Morgan fingerprint density at radius 3 is 1.59 bits per heavy atom. The highest BCUT2D eigenvalue weighted by atomic mass is 32.2. The molecule has 0 saturated heterocycles. The summed E-state index contributed by atoms with van der Waals surface area (Å²) in [6.45, 7) is 2.23. The number of hydrogen-bond acceptors (Lipinski definition) is 3. The van der Waals surface area contributed by atoms with Gasteiger partial charge in [0, 0.05) is 0 Å². The van der Waals surface area contributed by atoms with Gasteiger partial charge >= 0.3 is 0 Å². The van der Waals surface area contributed by atoms with E-state index in [4.69, 9.17) is 0 Å². The molecule has 0 saturated carbocycles. The molecule has 0 radical (unpaired) electrons. The molecule has 0 aromatic rings. The van der Waals surface area contributed by atoms with Crippen LogP contribution in [0.2, 0.25) is 0 Å². The van der Waals surface area contributed by atoms with Gasteiger partial charge in [-0.15, -0.1) is 0 Å². The zero-order valence-electron chi connectivity index (χ0n) is 11.4. The average molecular weight is 264 g/mol. The van der Waals surface area contributed by atoms with Crippen molar-refractivity contribution in [2.24, 2.45) is 0 Å². The molecule has 0 atom stereocenters. The Balaban J connectivity index is 3.14. The zero-order valence-corrected chi connectivity index (χ0v) is 12.2. The highest BCUT2D eigenvalue weighted by Crippen LogP contribution is 2.11. The molecule has 0 bridgehead atoms. The monoisotopic (exact) mass is 264 g/mol. The van der Waals surface area contributed by atoms with Crippen molar-refractivity contribution in [1.29, 1.82) is 0 Å². The Bertz CT molecular complexity index is 247. The fourth-order valence-corrected chi connectivity index (χ4v) is 2.57. The van der Waals surface area contributed by atoms with Gasteiger partial charge < -0.3 is 0 Å². The summed E-state index contributed by atoms with van der Waals surface area (Å²) in [4.78, 5) is 0. The summed E-state index contributed by atoms with van der Waals surface area (Å²) in [6, 6.07) is 0. The first-order valence-corrected chi connectivity index (χ1v) is 8.48. The number of rotatable bonds is 12. The molecule has 0 fully saturated rings. The molecule has 0 heterocycles. The predicted octanol–water partition coefficient (Wildman–Crippen LogP) is 3.88. The Hall–Kier alpha value is -0.0900. The largest absolute Gasteiger partial charge is 0.273 e. The van der Waals surface area contributed by atoms with E-state index in [0.29, 0.717) is 0 Å². The summed E-state index contributed by atoms with van der Waals surface area (Å²) in [5.74, 6) is 0.167. The fourth-order valence-electron chi connectivity index (χ4n) is 1.85. The van der Waals surface area contributed by atoms with Crippen molar-refractivity contribution in [3.63, 3.8) is 0 Å². The topological polar surface area (TPSA) is 43.4 Å². The van der Waals surface area contributed by atoms with Crippen LogP contribution in [0.3, 0.4) is 0 Å². The van der Waals surface area contributed by atoms with E-state index in [1.807, 2.05) is 0 Å². The minimum atomic E-state index is -3.23. The quantitative estimate of drug-likeness (QED) is 0.397. The van der Waals surface area contributed by atoms with E-state index < -0.39 is 10.1 Å². The van der Waals surface area contributed by atoms with Gasteiger partial charge in [0.25, 0.3) is 10.1 Å². The van der Waals surface area contributed by atoms with Gasteiger partial charge in [0.05, 0.1) is 12.9 Å². The Morgan fingerprint density at radius 2 is 1.18 bits per heavy atom. The van der Waals surface area contributed by atoms with Gasteiger partial charge in [0.2, 0.25) is 0 Å². The third kappa shape index (κ3) is 12.2. The van der Waals surface area contributed by atoms with Crippen molar-refractivity contribution in [3.05, 3.63) is 0 Å². The number of hydrogen-bond donors (Lipinski definition) is 0. The van der Waals surface area contributed by atoms with Crippen LogP contribution in [-0.2, 0) is 14.3 Å². The minimum Gasteiger partial charge on any atom is -0.273 e. The highest BCUT2D eigenvalue weighted by Gasteiger charge is 2.06. The summed E-state index contributed by atoms with van der Waals surface area (Å²) in [7, 11) is -2.00. The van der Waals surface area contributed by atoms with Crippen LogP contribution in [-0.4, -0.2) is 21.3 Å². The van der Waals surface area contributed by atoms with Crippen molar-refractivity contribution in [2.45, 2.75) is 71.1 Å². The fraction of sp³-hybridized carbons (Fsp3) is 1.00. The van der Waals surface area contributed by atoms with Crippen LogP contribution in [0.4, 0.5) is 0 Å². The molecule has 0 rings (SSSR count). The van der Waals surface area contributed by atoms with Gasteiger partial charge in [-0.1, -0.05) is 64.7 Å². The van der Waals surface area contributed by atoms with Gasteiger partial charge in [-0.2, -0.15) is 8.42 Å². The van der Waals surface area contributed by atoms with Crippen molar-refractivity contribution in [1.82, 2.24) is 0 Å². The first-order chi connectivity index (χ1) is 8.12. The van der Waals surface area contributed by atoms with E-state index in [2.05, 4.69) is 11.1 Å².